The number of halogens is 2. The average molecular weight is 304 g/mol. The zero-order valence-corrected chi connectivity index (χ0v) is 11.2. The minimum Gasteiger partial charge on any atom is -0.325 e. The second-order valence-corrected chi connectivity index (χ2v) is 4.90. The lowest BCUT2D eigenvalue weighted by atomic mass is 10.2. The van der Waals surface area contributed by atoms with Gasteiger partial charge in [-0.2, -0.15) is 0 Å². The lowest BCUT2D eigenvalue weighted by Gasteiger charge is -2.21. The molecule has 2 amide bonds. The Hall–Kier alpha value is -0.740. The SMILES string of the molecule is CN1CC(CBr)N(c2ccc(Cl)cc2)C1=O. The number of hydrogen-bond acceptors (Lipinski definition) is 1. The van der Waals surface area contributed by atoms with Crippen molar-refractivity contribution in [2.45, 2.75) is 6.04 Å². The fraction of sp³-hybridized carbons (Fsp3) is 0.364. The predicted octanol–water partition coefficient (Wildman–Crippen LogP) is 2.98. The third-order valence-electron chi connectivity index (χ3n) is 2.67. The van der Waals surface area contributed by atoms with E-state index < -0.39 is 0 Å². The van der Waals surface area contributed by atoms with Crippen molar-refractivity contribution in [1.82, 2.24) is 4.90 Å². The van der Waals surface area contributed by atoms with Crippen LogP contribution in [-0.4, -0.2) is 35.9 Å². The van der Waals surface area contributed by atoms with E-state index in [1.54, 1.807) is 21.9 Å². The Morgan fingerprint density at radius 1 is 1.44 bits per heavy atom. The van der Waals surface area contributed by atoms with Crippen LogP contribution in [-0.2, 0) is 0 Å². The summed E-state index contributed by atoms with van der Waals surface area (Å²) in [6.07, 6.45) is 0. The second-order valence-electron chi connectivity index (χ2n) is 3.82. The van der Waals surface area contributed by atoms with Gasteiger partial charge in [0.1, 0.15) is 0 Å². The summed E-state index contributed by atoms with van der Waals surface area (Å²) in [5.74, 6) is 0. The van der Waals surface area contributed by atoms with E-state index in [0.29, 0.717) is 5.02 Å². The Labute approximate surface area is 108 Å². The van der Waals surface area contributed by atoms with Crippen molar-refractivity contribution in [3.05, 3.63) is 29.3 Å². The monoisotopic (exact) mass is 302 g/mol. The molecule has 5 heteroatoms. The molecule has 1 aliphatic rings. The van der Waals surface area contributed by atoms with Crippen LogP contribution in [0, 0.1) is 0 Å². The Morgan fingerprint density at radius 2 is 2.06 bits per heavy atom. The van der Waals surface area contributed by atoms with Gasteiger partial charge in [-0.1, -0.05) is 27.5 Å². The molecule has 0 spiro atoms. The van der Waals surface area contributed by atoms with Gasteiger partial charge in [0.2, 0.25) is 0 Å². The molecule has 1 fully saturated rings. The highest BCUT2D eigenvalue weighted by Crippen LogP contribution is 2.26. The van der Waals surface area contributed by atoms with Crippen LogP contribution in [0.3, 0.4) is 0 Å². The van der Waals surface area contributed by atoms with Crippen LogP contribution < -0.4 is 4.90 Å². The van der Waals surface area contributed by atoms with Crippen molar-refractivity contribution in [2.24, 2.45) is 0 Å². The van der Waals surface area contributed by atoms with E-state index in [1.165, 1.54) is 0 Å². The molecule has 0 aromatic heterocycles. The van der Waals surface area contributed by atoms with Gasteiger partial charge in [0.25, 0.3) is 0 Å². The first-order chi connectivity index (χ1) is 7.63. The zero-order chi connectivity index (χ0) is 11.7. The van der Waals surface area contributed by atoms with Crippen molar-refractivity contribution in [3.8, 4) is 0 Å². The molecule has 1 aromatic carbocycles. The first-order valence-corrected chi connectivity index (χ1v) is 6.49. The van der Waals surface area contributed by atoms with Crippen LogP contribution in [0.2, 0.25) is 5.02 Å². The highest BCUT2D eigenvalue weighted by molar-refractivity contribution is 9.09. The van der Waals surface area contributed by atoms with E-state index >= 15 is 0 Å². The molecule has 1 aliphatic heterocycles. The Kier molecular flexibility index (Phi) is 3.40. The lowest BCUT2D eigenvalue weighted by molar-refractivity contribution is 0.229. The molecule has 0 bridgehead atoms. The number of hydrogen-bond donors (Lipinski definition) is 0. The number of rotatable bonds is 2. The summed E-state index contributed by atoms with van der Waals surface area (Å²) >= 11 is 9.27. The molecule has 1 heterocycles. The van der Waals surface area contributed by atoms with Crippen LogP contribution in [0.4, 0.5) is 10.5 Å². The van der Waals surface area contributed by atoms with Crippen LogP contribution >= 0.6 is 27.5 Å². The summed E-state index contributed by atoms with van der Waals surface area (Å²) < 4.78 is 0. The van der Waals surface area contributed by atoms with Crippen LogP contribution in [0.15, 0.2) is 24.3 Å². The van der Waals surface area contributed by atoms with Gasteiger partial charge < -0.3 is 4.90 Å². The number of amides is 2. The van der Waals surface area contributed by atoms with Gasteiger partial charge in [-0.15, -0.1) is 0 Å². The van der Waals surface area contributed by atoms with Crippen LogP contribution in [0.5, 0.6) is 0 Å². The summed E-state index contributed by atoms with van der Waals surface area (Å²) in [5.41, 5.74) is 0.892. The number of benzene rings is 1. The van der Waals surface area contributed by atoms with Crippen molar-refractivity contribution in [2.75, 3.05) is 23.8 Å². The number of urea groups is 1. The molecule has 16 heavy (non-hydrogen) atoms. The fourth-order valence-corrected chi connectivity index (χ4v) is 2.48. The molecular weight excluding hydrogens is 291 g/mol. The fourth-order valence-electron chi connectivity index (χ4n) is 1.86. The molecular formula is C11H12BrClN2O. The Morgan fingerprint density at radius 3 is 2.62 bits per heavy atom. The second kappa shape index (κ2) is 4.63. The van der Waals surface area contributed by atoms with Gasteiger partial charge in [-0.25, -0.2) is 4.79 Å². The number of nitrogens with zero attached hydrogens (tertiary/aromatic N) is 2. The van der Waals surface area contributed by atoms with Crippen molar-refractivity contribution in [1.29, 1.82) is 0 Å². The molecule has 2 rings (SSSR count). The smallest absolute Gasteiger partial charge is 0.324 e. The zero-order valence-electron chi connectivity index (χ0n) is 8.86. The summed E-state index contributed by atoms with van der Waals surface area (Å²) in [5, 5.41) is 1.45. The largest absolute Gasteiger partial charge is 0.325 e. The molecule has 1 atom stereocenters. The average Bonchev–Trinajstić information content (AvgIpc) is 2.57. The molecule has 1 aromatic rings. The normalized spacial score (nSPS) is 20.7. The molecule has 1 saturated heterocycles. The van der Waals surface area contributed by atoms with E-state index in [2.05, 4.69) is 15.9 Å². The maximum Gasteiger partial charge on any atom is 0.324 e. The maximum absolute atomic E-state index is 12.0. The number of alkyl halides is 1. The first kappa shape index (κ1) is 11.7. The molecule has 0 saturated carbocycles. The molecule has 86 valence electrons. The Balaban J connectivity index is 2.31. The third kappa shape index (κ3) is 2.04. The number of likely N-dealkylation sites (N-methyl/N-ethyl adjacent to an activating group) is 1. The maximum atomic E-state index is 12.0. The van der Waals surface area contributed by atoms with Crippen LogP contribution in [0.1, 0.15) is 0 Å². The molecule has 3 nitrogen and oxygen atoms in total. The minimum atomic E-state index is 0.0340. The summed E-state index contributed by atoms with van der Waals surface area (Å²) in [4.78, 5) is 15.5. The van der Waals surface area contributed by atoms with Crippen LogP contribution in [0.25, 0.3) is 0 Å². The molecule has 0 radical (unpaired) electrons. The van der Waals surface area contributed by atoms with E-state index in [4.69, 9.17) is 11.6 Å². The van der Waals surface area contributed by atoms with Gasteiger partial charge in [-0.05, 0) is 24.3 Å². The molecule has 0 aliphatic carbocycles. The van der Waals surface area contributed by atoms with Gasteiger partial charge in [0, 0.05) is 29.6 Å². The number of carbonyl (C=O) groups excluding carboxylic acids is 1. The van der Waals surface area contributed by atoms with E-state index in [-0.39, 0.29) is 12.1 Å². The summed E-state index contributed by atoms with van der Waals surface area (Å²) in [7, 11) is 1.81. The van der Waals surface area contributed by atoms with Crippen molar-refractivity contribution in [3.63, 3.8) is 0 Å². The minimum absolute atomic E-state index is 0.0340. The van der Waals surface area contributed by atoms with Crippen molar-refractivity contribution < 1.29 is 4.79 Å². The predicted molar refractivity (Wildman–Crippen MR) is 69.5 cm³/mol. The first-order valence-electron chi connectivity index (χ1n) is 4.99. The molecule has 0 N–H and O–H groups in total. The highest BCUT2D eigenvalue weighted by Gasteiger charge is 2.35. The highest BCUT2D eigenvalue weighted by atomic mass is 79.9. The van der Waals surface area contributed by atoms with Crippen molar-refractivity contribution >= 4 is 39.2 Å². The molecule has 1 unspecified atom stereocenters. The lowest BCUT2D eigenvalue weighted by Crippen LogP contribution is -2.35. The Bertz CT molecular complexity index is 395. The van der Waals surface area contributed by atoms with Gasteiger partial charge in [0.05, 0.1) is 6.04 Å². The van der Waals surface area contributed by atoms with E-state index in [0.717, 1.165) is 17.6 Å². The van der Waals surface area contributed by atoms with Gasteiger partial charge in [-0.3, -0.25) is 4.90 Å². The topological polar surface area (TPSA) is 23.6 Å². The van der Waals surface area contributed by atoms with E-state index in [1.807, 2.05) is 19.2 Å². The van der Waals surface area contributed by atoms with Gasteiger partial charge >= 0.3 is 6.03 Å². The quantitative estimate of drug-likeness (QED) is 0.771. The number of carbonyl (C=O) groups is 1. The van der Waals surface area contributed by atoms with E-state index in [9.17, 15) is 4.79 Å². The standard InChI is InChI=1S/C11H12BrClN2O/c1-14-7-10(6-12)15(11(14)16)9-4-2-8(13)3-5-9/h2-5,10H,6-7H2,1H3. The third-order valence-corrected chi connectivity index (χ3v) is 3.66. The van der Waals surface area contributed by atoms with Gasteiger partial charge in [0.15, 0.2) is 0 Å². The number of anilines is 1. The summed E-state index contributed by atoms with van der Waals surface area (Å²) in [6.45, 7) is 0.743. The summed E-state index contributed by atoms with van der Waals surface area (Å²) in [6, 6.07) is 7.55.